The Labute approximate surface area is 165 Å². The number of imidazole rings is 1. The van der Waals surface area contributed by atoms with E-state index in [1.165, 1.54) is 4.90 Å². The average Bonchev–Trinajstić information content (AvgIpc) is 3.24. The van der Waals surface area contributed by atoms with Gasteiger partial charge in [-0.15, -0.1) is 0 Å². The highest BCUT2D eigenvalue weighted by Gasteiger charge is 2.37. The molecule has 3 aromatic heterocycles. The molecule has 0 saturated heterocycles. The molecule has 0 radical (unpaired) electrons. The van der Waals surface area contributed by atoms with Crippen LogP contribution in [0.1, 0.15) is 28.2 Å². The molecule has 0 unspecified atom stereocenters. The number of anilines is 3. The molecule has 142 valence electrons. The smallest absolute Gasteiger partial charge is 0.260 e. The summed E-state index contributed by atoms with van der Waals surface area (Å²) in [6.45, 7) is 3.92. The summed E-state index contributed by atoms with van der Waals surface area (Å²) in [6, 6.07) is 0. The lowest BCUT2D eigenvalue weighted by molar-refractivity contribution is -0.113. The van der Waals surface area contributed by atoms with Gasteiger partial charge in [-0.2, -0.15) is 4.98 Å². The van der Waals surface area contributed by atoms with Gasteiger partial charge in [-0.1, -0.05) is 11.6 Å². The van der Waals surface area contributed by atoms with Gasteiger partial charge >= 0.3 is 0 Å². The number of aromatic nitrogens is 5. The lowest BCUT2D eigenvalue weighted by Gasteiger charge is -2.18. The van der Waals surface area contributed by atoms with E-state index in [-0.39, 0.29) is 23.6 Å². The van der Waals surface area contributed by atoms with Crippen LogP contribution in [0.25, 0.3) is 11.6 Å². The average molecular weight is 397 g/mol. The highest BCUT2D eigenvalue weighted by molar-refractivity contribution is 6.41. The lowest BCUT2D eigenvalue weighted by atomic mass is 10.1. The zero-order chi connectivity index (χ0) is 20.0. The fourth-order valence-corrected chi connectivity index (χ4v) is 3.36. The minimum absolute atomic E-state index is 0.0195. The third-order valence-corrected chi connectivity index (χ3v) is 4.92. The van der Waals surface area contributed by atoms with Crippen LogP contribution in [0.5, 0.6) is 0 Å². The Balaban J connectivity index is 1.84. The van der Waals surface area contributed by atoms with Crippen molar-refractivity contribution in [3.05, 3.63) is 52.0 Å². The number of nitrogen functional groups attached to an aromatic ring is 2. The summed E-state index contributed by atoms with van der Waals surface area (Å²) in [5.74, 6) is 0.529. The van der Waals surface area contributed by atoms with Crippen LogP contribution in [-0.4, -0.2) is 30.8 Å². The number of nitrogens with zero attached hydrogens (tertiary/aromatic N) is 5. The largest absolute Gasteiger partial charge is 0.398 e. The van der Waals surface area contributed by atoms with Crippen molar-refractivity contribution in [2.24, 2.45) is 0 Å². The SMILES string of the molecule is Cc1cnc(CN2C(=O)/C(=C\c3ncc[nH]3)c3c(Cl)nc(N)nc32)c(C)c1N. The molecular formula is C18H17ClN8O. The quantitative estimate of drug-likeness (QED) is 0.455. The van der Waals surface area contributed by atoms with Crippen LogP contribution in [0, 0.1) is 13.8 Å². The van der Waals surface area contributed by atoms with E-state index in [0.29, 0.717) is 34.2 Å². The molecule has 0 saturated carbocycles. The molecular weight excluding hydrogens is 380 g/mol. The van der Waals surface area contributed by atoms with E-state index in [0.717, 1.165) is 11.1 Å². The summed E-state index contributed by atoms with van der Waals surface area (Å²) in [7, 11) is 0. The standard InChI is InChI=1S/C18H17ClN8O/c1-8-6-24-11(9(2)14(8)20)7-27-16-13(15(19)25-18(21)26-16)10(17(27)28)5-12-22-3-4-23-12/h3-6H,7H2,1-2H3,(H2,20,24)(H,22,23)(H2,21,25,26)/b10-5-. The number of amides is 1. The number of carbonyl (C=O) groups is 1. The fourth-order valence-electron chi connectivity index (χ4n) is 3.09. The molecule has 5 N–H and O–H groups in total. The first-order chi connectivity index (χ1) is 13.4. The number of carbonyl (C=O) groups excluding carboxylic acids is 1. The summed E-state index contributed by atoms with van der Waals surface area (Å²) >= 11 is 6.30. The molecule has 1 amide bonds. The molecule has 0 atom stereocenters. The van der Waals surface area contributed by atoms with E-state index in [4.69, 9.17) is 23.1 Å². The third kappa shape index (κ3) is 2.85. The van der Waals surface area contributed by atoms with Crippen LogP contribution in [0.2, 0.25) is 5.15 Å². The molecule has 10 heteroatoms. The minimum atomic E-state index is -0.298. The van der Waals surface area contributed by atoms with Crippen molar-refractivity contribution < 1.29 is 4.79 Å². The van der Waals surface area contributed by atoms with E-state index >= 15 is 0 Å². The molecule has 0 bridgehead atoms. The Hall–Kier alpha value is -3.46. The van der Waals surface area contributed by atoms with Crippen molar-refractivity contribution in [3.63, 3.8) is 0 Å². The Kier molecular flexibility index (Phi) is 4.23. The zero-order valence-electron chi connectivity index (χ0n) is 15.2. The number of fused-ring (bicyclic) bond motifs is 1. The first kappa shape index (κ1) is 17.9. The Morgan fingerprint density at radius 2 is 2.04 bits per heavy atom. The molecule has 0 fully saturated rings. The minimum Gasteiger partial charge on any atom is -0.398 e. The molecule has 9 nitrogen and oxygen atoms in total. The van der Waals surface area contributed by atoms with Gasteiger partial charge in [-0.05, 0) is 31.1 Å². The topological polar surface area (TPSA) is 140 Å². The summed E-state index contributed by atoms with van der Waals surface area (Å²) in [6.07, 6.45) is 6.54. The maximum absolute atomic E-state index is 13.2. The van der Waals surface area contributed by atoms with Gasteiger partial charge in [0.15, 0.2) is 5.82 Å². The monoisotopic (exact) mass is 396 g/mol. The number of halogens is 1. The van der Waals surface area contributed by atoms with Gasteiger partial charge in [0.05, 0.1) is 23.4 Å². The number of nitrogens with two attached hydrogens (primary N) is 2. The number of hydrogen-bond acceptors (Lipinski definition) is 7. The number of aryl methyl sites for hydroxylation is 1. The van der Waals surface area contributed by atoms with Crippen molar-refractivity contribution in [2.45, 2.75) is 20.4 Å². The predicted molar refractivity (Wildman–Crippen MR) is 107 cm³/mol. The van der Waals surface area contributed by atoms with Gasteiger partial charge in [0.1, 0.15) is 11.0 Å². The van der Waals surface area contributed by atoms with Gasteiger partial charge in [-0.25, -0.2) is 9.97 Å². The Bertz CT molecular complexity index is 1120. The molecule has 4 heterocycles. The molecule has 1 aliphatic rings. The molecule has 3 aromatic rings. The summed E-state index contributed by atoms with van der Waals surface area (Å²) < 4.78 is 0. The van der Waals surface area contributed by atoms with Crippen LogP contribution < -0.4 is 16.4 Å². The molecule has 4 rings (SSSR count). The molecule has 28 heavy (non-hydrogen) atoms. The van der Waals surface area contributed by atoms with Crippen molar-refractivity contribution in [2.75, 3.05) is 16.4 Å². The molecule has 0 aromatic carbocycles. The van der Waals surface area contributed by atoms with E-state index < -0.39 is 0 Å². The Morgan fingerprint density at radius 1 is 1.25 bits per heavy atom. The molecule has 0 aliphatic carbocycles. The number of H-pyrrole nitrogens is 1. The highest BCUT2D eigenvalue weighted by atomic mass is 35.5. The highest BCUT2D eigenvalue weighted by Crippen LogP contribution is 2.41. The number of hydrogen-bond donors (Lipinski definition) is 3. The number of rotatable bonds is 3. The van der Waals surface area contributed by atoms with Crippen molar-refractivity contribution in [3.8, 4) is 0 Å². The van der Waals surface area contributed by atoms with Gasteiger partial charge < -0.3 is 16.5 Å². The van der Waals surface area contributed by atoms with E-state index in [1.807, 2.05) is 13.8 Å². The van der Waals surface area contributed by atoms with Crippen molar-refractivity contribution >= 4 is 46.6 Å². The lowest BCUT2D eigenvalue weighted by Crippen LogP contribution is -2.27. The first-order valence-corrected chi connectivity index (χ1v) is 8.81. The summed E-state index contributed by atoms with van der Waals surface area (Å²) in [5, 5.41) is 0.101. The van der Waals surface area contributed by atoms with Gasteiger partial charge in [0.2, 0.25) is 5.95 Å². The number of nitrogens with one attached hydrogen (secondary N) is 1. The van der Waals surface area contributed by atoms with Crippen LogP contribution in [0.3, 0.4) is 0 Å². The van der Waals surface area contributed by atoms with Gasteiger partial charge in [-0.3, -0.25) is 14.7 Å². The van der Waals surface area contributed by atoms with Crippen molar-refractivity contribution in [1.82, 2.24) is 24.9 Å². The summed E-state index contributed by atoms with van der Waals surface area (Å²) in [5.41, 5.74) is 15.6. The second-order valence-corrected chi connectivity index (χ2v) is 6.78. The van der Waals surface area contributed by atoms with E-state index in [9.17, 15) is 4.79 Å². The predicted octanol–water partition coefficient (Wildman–Crippen LogP) is 2.12. The van der Waals surface area contributed by atoms with Crippen LogP contribution >= 0.6 is 11.6 Å². The molecule has 1 aliphatic heterocycles. The third-order valence-electron chi connectivity index (χ3n) is 4.65. The number of aromatic amines is 1. The van der Waals surface area contributed by atoms with Gasteiger partial charge in [0, 0.05) is 24.3 Å². The maximum Gasteiger partial charge on any atom is 0.260 e. The molecule has 0 spiro atoms. The second kappa shape index (κ2) is 6.61. The normalized spacial score (nSPS) is 14.8. The van der Waals surface area contributed by atoms with E-state index in [1.54, 1.807) is 24.7 Å². The van der Waals surface area contributed by atoms with E-state index in [2.05, 4.69) is 24.9 Å². The second-order valence-electron chi connectivity index (χ2n) is 6.42. The summed E-state index contributed by atoms with van der Waals surface area (Å²) in [4.78, 5) is 34.4. The van der Waals surface area contributed by atoms with Crippen LogP contribution in [0.4, 0.5) is 17.5 Å². The maximum atomic E-state index is 13.2. The van der Waals surface area contributed by atoms with Crippen molar-refractivity contribution in [1.29, 1.82) is 0 Å². The van der Waals surface area contributed by atoms with Crippen LogP contribution in [-0.2, 0) is 11.3 Å². The zero-order valence-corrected chi connectivity index (χ0v) is 15.9. The fraction of sp³-hybridized carbons (Fsp3) is 0.167. The van der Waals surface area contributed by atoms with Crippen LogP contribution in [0.15, 0.2) is 18.6 Å². The van der Waals surface area contributed by atoms with Gasteiger partial charge in [0.25, 0.3) is 5.91 Å². The number of pyridine rings is 1. The first-order valence-electron chi connectivity index (χ1n) is 8.43. The Morgan fingerprint density at radius 3 is 2.75 bits per heavy atom.